The molecule has 1 fully saturated rings. The highest BCUT2D eigenvalue weighted by atomic mass is 16.5. The zero-order valence-electron chi connectivity index (χ0n) is 11.9. The van der Waals surface area contributed by atoms with Gasteiger partial charge in [0.05, 0.1) is 25.4 Å². The van der Waals surface area contributed by atoms with E-state index in [1.165, 1.54) is 5.56 Å². The summed E-state index contributed by atoms with van der Waals surface area (Å²) in [5, 5.41) is 8.77. The summed E-state index contributed by atoms with van der Waals surface area (Å²) >= 11 is 0. The van der Waals surface area contributed by atoms with Crippen molar-refractivity contribution in [1.29, 1.82) is 5.26 Å². The topological polar surface area (TPSA) is 39.5 Å². The molecule has 0 radical (unpaired) electrons. The first kappa shape index (κ1) is 13.7. The largest absolute Gasteiger partial charge is 0.495 e. The number of benzene rings is 1. The summed E-state index contributed by atoms with van der Waals surface area (Å²) in [4.78, 5) is 4.48. The maximum Gasteiger partial charge on any atom is 0.142 e. The van der Waals surface area contributed by atoms with E-state index in [0.717, 1.165) is 30.9 Å². The molecular weight excluding hydrogens is 238 g/mol. The number of anilines is 1. The van der Waals surface area contributed by atoms with Crippen LogP contribution in [-0.2, 0) is 0 Å². The van der Waals surface area contributed by atoms with Crippen LogP contribution in [0.5, 0.6) is 5.75 Å². The van der Waals surface area contributed by atoms with Crippen molar-refractivity contribution in [2.75, 3.05) is 38.7 Å². The van der Waals surface area contributed by atoms with E-state index in [0.29, 0.717) is 12.6 Å². The molecule has 19 heavy (non-hydrogen) atoms. The lowest BCUT2D eigenvalue weighted by atomic mass is 10.2. The quantitative estimate of drug-likeness (QED) is 0.776. The fourth-order valence-corrected chi connectivity index (χ4v) is 2.61. The number of rotatable bonds is 4. The number of hydrogen-bond donors (Lipinski definition) is 0. The van der Waals surface area contributed by atoms with Gasteiger partial charge in [0.2, 0.25) is 0 Å². The van der Waals surface area contributed by atoms with Gasteiger partial charge in [-0.3, -0.25) is 4.90 Å². The molecule has 2 rings (SSSR count). The number of likely N-dealkylation sites (N-methyl/N-ethyl adjacent to an activating group) is 1. The molecule has 0 bridgehead atoms. The average Bonchev–Trinajstić information content (AvgIpc) is 2.88. The molecule has 0 spiro atoms. The summed E-state index contributed by atoms with van der Waals surface area (Å²) in [6.07, 6.45) is 1.09. The molecule has 1 aliphatic heterocycles. The molecule has 0 aliphatic carbocycles. The maximum absolute atomic E-state index is 8.77. The number of methoxy groups -OCH3 is 1. The summed E-state index contributed by atoms with van der Waals surface area (Å²) in [6, 6.07) is 8.93. The number of hydrogen-bond acceptors (Lipinski definition) is 4. The van der Waals surface area contributed by atoms with Crippen molar-refractivity contribution in [3.05, 3.63) is 23.8 Å². The minimum absolute atomic E-state index is 0.449. The molecule has 1 aromatic carbocycles. The van der Waals surface area contributed by atoms with Crippen LogP contribution in [-0.4, -0.2) is 44.7 Å². The Kier molecular flexibility index (Phi) is 4.28. The van der Waals surface area contributed by atoms with Crippen molar-refractivity contribution >= 4 is 5.69 Å². The van der Waals surface area contributed by atoms with Crippen LogP contribution in [0.15, 0.2) is 18.2 Å². The van der Waals surface area contributed by atoms with Crippen LogP contribution in [0.4, 0.5) is 5.69 Å². The van der Waals surface area contributed by atoms with Gasteiger partial charge in [-0.2, -0.15) is 5.26 Å². The van der Waals surface area contributed by atoms with Gasteiger partial charge in [-0.15, -0.1) is 0 Å². The van der Waals surface area contributed by atoms with Gasteiger partial charge in [0, 0.05) is 19.1 Å². The minimum Gasteiger partial charge on any atom is -0.495 e. The molecule has 1 unspecified atom stereocenters. The first-order chi connectivity index (χ1) is 9.15. The SMILES string of the molecule is COc1ccc(C)cc1N1CCC(N(C)CC#N)C1. The molecule has 0 N–H and O–H groups in total. The molecule has 1 aliphatic rings. The van der Waals surface area contributed by atoms with E-state index in [4.69, 9.17) is 10.00 Å². The van der Waals surface area contributed by atoms with E-state index in [1.54, 1.807) is 7.11 Å². The van der Waals surface area contributed by atoms with Crippen molar-refractivity contribution in [3.63, 3.8) is 0 Å². The summed E-state index contributed by atoms with van der Waals surface area (Å²) in [7, 11) is 3.73. The molecule has 0 aromatic heterocycles. The van der Waals surface area contributed by atoms with E-state index >= 15 is 0 Å². The Morgan fingerprint density at radius 2 is 2.32 bits per heavy atom. The van der Waals surface area contributed by atoms with Gasteiger partial charge in [-0.25, -0.2) is 0 Å². The van der Waals surface area contributed by atoms with Gasteiger partial charge in [0.1, 0.15) is 5.75 Å². The summed E-state index contributed by atoms with van der Waals surface area (Å²) in [5.74, 6) is 0.925. The standard InChI is InChI=1S/C15H21N3O/c1-12-4-5-15(19-3)14(10-12)18-8-6-13(11-18)17(2)9-7-16/h4-5,10,13H,6,8-9,11H2,1-3H3. The van der Waals surface area contributed by atoms with Crippen molar-refractivity contribution < 1.29 is 4.74 Å². The highest BCUT2D eigenvalue weighted by Crippen LogP contribution is 2.32. The zero-order chi connectivity index (χ0) is 13.8. The van der Waals surface area contributed by atoms with Gasteiger partial charge in [-0.1, -0.05) is 6.07 Å². The fourth-order valence-electron chi connectivity index (χ4n) is 2.61. The van der Waals surface area contributed by atoms with Crippen molar-refractivity contribution in [2.45, 2.75) is 19.4 Å². The molecule has 1 heterocycles. The lowest BCUT2D eigenvalue weighted by molar-refractivity contribution is 0.288. The lowest BCUT2D eigenvalue weighted by Gasteiger charge is -2.24. The van der Waals surface area contributed by atoms with Gasteiger partial charge in [-0.05, 0) is 38.1 Å². The number of nitriles is 1. The predicted molar refractivity (Wildman–Crippen MR) is 76.6 cm³/mol. The predicted octanol–water partition coefficient (Wildman–Crippen LogP) is 2.04. The second kappa shape index (κ2) is 5.94. The van der Waals surface area contributed by atoms with Crippen molar-refractivity contribution in [2.24, 2.45) is 0 Å². The Balaban J connectivity index is 2.12. The van der Waals surface area contributed by atoms with E-state index in [2.05, 4.69) is 34.9 Å². The Morgan fingerprint density at radius 3 is 3.00 bits per heavy atom. The average molecular weight is 259 g/mol. The smallest absolute Gasteiger partial charge is 0.142 e. The van der Waals surface area contributed by atoms with Crippen LogP contribution in [0.25, 0.3) is 0 Å². The Bertz CT molecular complexity index is 481. The molecule has 0 saturated carbocycles. The molecule has 102 valence electrons. The second-order valence-corrected chi connectivity index (χ2v) is 5.14. The normalized spacial score (nSPS) is 18.7. The Hall–Kier alpha value is -1.73. The van der Waals surface area contributed by atoms with Crippen molar-refractivity contribution in [1.82, 2.24) is 4.90 Å². The molecule has 1 aromatic rings. The highest BCUT2D eigenvalue weighted by Gasteiger charge is 2.27. The third-order valence-corrected chi connectivity index (χ3v) is 3.78. The highest BCUT2D eigenvalue weighted by molar-refractivity contribution is 5.60. The number of ether oxygens (including phenoxy) is 1. The number of aryl methyl sites for hydroxylation is 1. The molecule has 1 atom stereocenters. The molecular formula is C15H21N3O. The van der Waals surface area contributed by atoms with Crippen LogP contribution in [0.2, 0.25) is 0 Å². The molecule has 1 saturated heterocycles. The minimum atomic E-state index is 0.449. The van der Waals surface area contributed by atoms with Gasteiger partial charge < -0.3 is 9.64 Å². The van der Waals surface area contributed by atoms with E-state index in [9.17, 15) is 0 Å². The Labute approximate surface area is 115 Å². The lowest BCUT2D eigenvalue weighted by Crippen LogP contribution is -2.34. The van der Waals surface area contributed by atoms with Crippen LogP contribution in [0.3, 0.4) is 0 Å². The fraction of sp³-hybridized carbons (Fsp3) is 0.533. The summed E-state index contributed by atoms with van der Waals surface area (Å²) in [5.41, 5.74) is 2.40. The van der Waals surface area contributed by atoms with E-state index in [1.807, 2.05) is 13.1 Å². The third kappa shape index (κ3) is 2.99. The van der Waals surface area contributed by atoms with Gasteiger partial charge in [0.15, 0.2) is 0 Å². The molecule has 0 amide bonds. The third-order valence-electron chi connectivity index (χ3n) is 3.78. The number of nitrogens with zero attached hydrogens (tertiary/aromatic N) is 3. The monoisotopic (exact) mass is 259 g/mol. The second-order valence-electron chi connectivity index (χ2n) is 5.14. The zero-order valence-corrected chi connectivity index (χ0v) is 11.9. The summed E-state index contributed by atoms with van der Waals surface area (Å²) < 4.78 is 5.45. The summed E-state index contributed by atoms with van der Waals surface area (Å²) in [6.45, 7) is 4.56. The van der Waals surface area contributed by atoms with Crippen LogP contribution in [0.1, 0.15) is 12.0 Å². The molecule has 4 heteroatoms. The first-order valence-corrected chi connectivity index (χ1v) is 6.62. The van der Waals surface area contributed by atoms with E-state index < -0.39 is 0 Å². The van der Waals surface area contributed by atoms with E-state index in [-0.39, 0.29) is 0 Å². The van der Waals surface area contributed by atoms with Crippen LogP contribution < -0.4 is 9.64 Å². The Morgan fingerprint density at radius 1 is 1.53 bits per heavy atom. The molecule has 4 nitrogen and oxygen atoms in total. The van der Waals surface area contributed by atoms with Gasteiger partial charge >= 0.3 is 0 Å². The van der Waals surface area contributed by atoms with Gasteiger partial charge in [0.25, 0.3) is 0 Å². The van der Waals surface area contributed by atoms with Crippen LogP contribution in [0, 0.1) is 18.3 Å². The van der Waals surface area contributed by atoms with Crippen LogP contribution >= 0.6 is 0 Å². The first-order valence-electron chi connectivity index (χ1n) is 6.62. The maximum atomic E-state index is 8.77. The van der Waals surface area contributed by atoms with Crippen molar-refractivity contribution in [3.8, 4) is 11.8 Å².